The van der Waals surface area contributed by atoms with Gasteiger partial charge in [0.15, 0.2) is 0 Å². The van der Waals surface area contributed by atoms with Crippen LogP contribution >= 0.6 is 0 Å². The first-order valence-electron chi connectivity index (χ1n) is 7.24. The van der Waals surface area contributed by atoms with Crippen molar-refractivity contribution < 1.29 is 14.6 Å². The van der Waals surface area contributed by atoms with Crippen LogP contribution in [0.3, 0.4) is 0 Å². The fraction of sp³-hybridized carbons (Fsp3) is 0.529. The van der Waals surface area contributed by atoms with Crippen molar-refractivity contribution in [1.82, 2.24) is 4.90 Å². The summed E-state index contributed by atoms with van der Waals surface area (Å²) in [6.45, 7) is 3.72. The molecule has 1 heterocycles. The lowest BCUT2D eigenvalue weighted by molar-refractivity contribution is 0.152. The number of methoxy groups -OCH3 is 2. The van der Waals surface area contributed by atoms with Gasteiger partial charge in [0.05, 0.1) is 13.7 Å². The molecule has 1 aromatic carbocycles. The minimum atomic E-state index is -0.119. The third kappa shape index (κ3) is 4.47. The van der Waals surface area contributed by atoms with E-state index in [9.17, 15) is 0 Å². The molecule has 0 spiro atoms. The number of rotatable bonds is 5. The van der Waals surface area contributed by atoms with E-state index in [0.29, 0.717) is 5.92 Å². The number of hydrogen-bond donors (Lipinski definition) is 1. The maximum atomic E-state index is 8.79. The Balaban J connectivity index is 2.07. The van der Waals surface area contributed by atoms with Crippen LogP contribution in [0.4, 0.5) is 0 Å². The summed E-state index contributed by atoms with van der Waals surface area (Å²) in [4.78, 5) is 2.42. The summed E-state index contributed by atoms with van der Waals surface area (Å²) in [6.07, 6.45) is 1.18. The first kappa shape index (κ1) is 15.8. The predicted molar refractivity (Wildman–Crippen MR) is 82.2 cm³/mol. The molecule has 1 aliphatic heterocycles. The van der Waals surface area contributed by atoms with E-state index in [1.165, 1.54) is 6.42 Å². The lowest BCUT2D eigenvalue weighted by Gasteiger charge is -2.18. The highest BCUT2D eigenvalue weighted by Gasteiger charge is 2.23. The normalized spacial score (nSPS) is 18.3. The highest BCUT2D eigenvalue weighted by atomic mass is 16.5. The van der Waals surface area contributed by atoms with Gasteiger partial charge in [0.1, 0.15) is 12.4 Å². The number of likely N-dealkylation sites (tertiary alicyclic amines) is 1. The lowest BCUT2D eigenvalue weighted by Crippen LogP contribution is -2.21. The largest absolute Gasteiger partial charge is 0.496 e. The van der Waals surface area contributed by atoms with Crippen LogP contribution in [0.2, 0.25) is 0 Å². The molecule has 114 valence electrons. The lowest BCUT2D eigenvalue weighted by atomic mass is 10.1. The van der Waals surface area contributed by atoms with Crippen LogP contribution in [0.25, 0.3) is 0 Å². The Morgan fingerprint density at radius 2 is 2.24 bits per heavy atom. The summed E-state index contributed by atoms with van der Waals surface area (Å²) in [7, 11) is 3.45. The average molecular weight is 289 g/mol. The van der Waals surface area contributed by atoms with Gasteiger partial charge in [-0.05, 0) is 37.1 Å². The van der Waals surface area contributed by atoms with E-state index in [2.05, 4.69) is 16.7 Å². The Morgan fingerprint density at radius 1 is 1.38 bits per heavy atom. The smallest absolute Gasteiger partial charge is 0.123 e. The Hall–Kier alpha value is -1.54. The van der Waals surface area contributed by atoms with E-state index in [1.54, 1.807) is 14.2 Å². The highest BCUT2D eigenvalue weighted by Crippen LogP contribution is 2.25. The summed E-state index contributed by atoms with van der Waals surface area (Å²) >= 11 is 0. The molecular formula is C17H23NO3. The molecule has 1 aromatic rings. The van der Waals surface area contributed by atoms with Gasteiger partial charge in [-0.2, -0.15) is 0 Å². The summed E-state index contributed by atoms with van der Waals surface area (Å²) in [6, 6.07) is 5.91. The van der Waals surface area contributed by atoms with Gasteiger partial charge in [-0.1, -0.05) is 11.8 Å². The second-order valence-electron chi connectivity index (χ2n) is 5.33. The molecule has 0 amide bonds. The zero-order valence-corrected chi connectivity index (χ0v) is 12.8. The van der Waals surface area contributed by atoms with Crippen molar-refractivity contribution in [2.45, 2.75) is 13.0 Å². The van der Waals surface area contributed by atoms with E-state index in [1.807, 2.05) is 18.2 Å². The van der Waals surface area contributed by atoms with E-state index in [4.69, 9.17) is 14.6 Å². The van der Waals surface area contributed by atoms with Crippen molar-refractivity contribution in [3.05, 3.63) is 29.3 Å². The van der Waals surface area contributed by atoms with Crippen LogP contribution in [0.5, 0.6) is 5.75 Å². The Bertz CT molecular complexity index is 519. The third-order valence-electron chi connectivity index (χ3n) is 3.76. The molecule has 0 bridgehead atoms. The molecule has 4 nitrogen and oxygen atoms in total. The monoisotopic (exact) mass is 289 g/mol. The molecule has 1 aliphatic rings. The Labute approximate surface area is 126 Å². The van der Waals surface area contributed by atoms with Crippen LogP contribution in [-0.2, 0) is 11.3 Å². The SMILES string of the molecule is COCC1CCN(Cc2cc(C#CCO)ccc2OC)C1. The van der Waals surface area contributed by atoms with Gasteiger partial charge < -0.3 is 14.6 Å². The van der Waals surface area contributed by atoms with Crippen molar-refractivity contribution in [3.8, 4) is 17.6 Å². The first-order valence-corrected chi connectivity index (χ1v) is 7.24. The number of aliphatic hydroxyl groups is 1. The molecule has 1 unspecified atom stereocenters. The minimum absolute atomic E-state index is 0.119. The number of nitrogens with zero attached hydrogens (tertiary/aromatic N) is 1. The number of aliphatic hydroxyl groups excluding tert-OH is 1. The predicted octanol–water partition coefficient (Wildman–Crippen LogP) is 1.51. The molecule has 0 saturated carbocycles. The van der Waals surface area contributed by atoms with Gasteiger partial charge >= 0.3 is 0 Å². The molecule has 0 radical (unpaired) electrons. The molecule has 4 heteroatoms. The van der Waals surface area contributed by atoms with Gasteiger partial charge in [-0.3, -0.25) is 4.90 Å². The summed E-state index contributed by atoms with van der Waals surface area (Å²) < 4.78 is 10.7. The van der Waals surface area contributed by atoms with Crippen LogP contribution in [0, 0.1) is 17.8 Å². The van der Waals surface area contributed by atoms with Crippen molar-refractivity contribution in [3.63, 3.8) is 0 Å². The topological polar surface area (TPSA) is 41.9 Å². The second-order valence-corrected chi connectivity index (χ2v) is 5.33. The second kappa shape index (κ2) is 8.04. The van der Waals surface area contributed by atoms with E-state index >= 15 is 0 Å². The van der Waals surface area contributed by atoms with Crippen LogP contribution < -0.4 is 4.74 Å². The van der Waals surface area contributed by atoms with Gasteiger partial charge in [-0.15, -0.1) is 0 Å². The molecule has 2 rings (SSSR count). The van der Waals surface area contributed by atoms with Crippen molar-refractivity contribution in [1.29, 1.82) is 0 Å². The van der Waals surface area contributed by atoms with Crippen molar-refractivity contribution >= 4 is 0 Å². The van der Waals surface area contributed by atoms with E-state index < -0.39 is 0 Å². The van der Waals surface area contributed by atoms with Crippen LogP contribution in [0.1, 0.15) is 17.5 Å². The molecule has 1 fully saturated rings. The molecule has 1 atom stereocenters. The third-order valence-corrected chi connectivity index (χ3v) is 3.76. The van der Waals surface area contributed by atoms with Gasteiger partial charge in [0, 0.05) is 31.3 Å². The average Bonchev–Trinajstić information content (AvgIpc) is 2.93. The number of hydrogen-bond acceptors (Lipinski definition) is 4. The van der Waals surface area contributed by atoms with E-state index in [-0.39, 0.29) is 6.61 Å². The molecular weight excluding hydrogens is 266 g/mol. The molecule has 0 aromatic heterocycles. The molecule has 0 aliphatic carbocycles. The Morgan fingerprint density at radius 3 is 2.95 bits per heavy atom. The van der Waals surface area contributed by atoms with E-state index in [0.717, 1.165) is 43.1 Å². The van der Waals surface area contributed by atoms with Crippen molar-refractivity contribution in [2.75, 3.05) is 40.5 Å². The van der Waals surface area contributed by atoms with Crippen molar-refractivity contribution in [2.24, 2.45) is 5.92 Å². The van der Waals surface area contributed by atoms with Crippen LogP contribution in [0.15, 0.2) is 18.2 Å². The summed E-state index contributed by atoms with van der Waals surface area (Å²) in [5.74, 6) is 7.14. The summed E-state index contributed by atoms with van der Waals surface area (Å²) in [5, 5.41) is 8.79. The fourth-order valence-electron chi connectivity index (χ4n) is 2.79. The highest BCUT2D eigenvalue weighted by molar-refractivity contribution is 5.44. The van der Waals surface area contributed by atoms with Gasteiger partial charge in [0.2, 0.25) is 0 Å². The number of ether oxygens (including phenoxy) is 2. The maximum absolute atomic E-state index is 8.79. The zero-order valence-electron chi connectivity index (χ0n) is 12.8. The quantitative estimate of drug-likeness (QED) is 0.834. The zero-order chi connectivity index (χ0) is 15.1. The Kier molecular flexibility index (Phi) is 6.06. The number of benzene rings is 1. The fourth-order valence-corrected chi connectivity index (χ4v) is 2.79. The van der Waals surface area contributed by atoms with Gasteiger partial charge in [0.25, 0.3) is 0 Å². The first-order chi connectivity index (χ1) is 10.3. The molecule has 1 N–H and O–H groups in total. The molecule has 21 heavy (non-hydrogen) atoms. The van der Waals surface area contributed by atoms with Gasteiger partial charge in [-0.25, -0.2) is 0 Å². The standard InChI is InChI=1S/C17H23NO3/c1-20-13-15-7-8-18(11-15)12-16-10-14(4-3-9-19)5-6-17(16)21-2/h5-6,10,15,19H,7-9,11-13H2,1-2H3. The summed E-state index contributed by atoms with van der Waals surface area (Å²) in [5.41, 5.74) is 2.05. The molecule has 1 saturated heterocycles. The maximum Gasteiger partial charge on any atom is 0.123 e. The van der Waals surface area contributed by atoms with Crippen LogP contribution in [-0.4, -0.2) is 50.5 Å². The minimum Gasteiger partial charge on any atom is -0.496 e.